The summed E-state index contributed by atoms with van der Waals surface area (Å²) in [4.78, 5) is 4.09. The smallest absolute Gasteiger partial charge is 0.181 e. The minimum atomic E-state index is 0.436. The van der Waals surface area contributed by atoms with E-state index in [4.69, 9.17) is 9.15 Å². The maximum atomic E-state index is 5.67. The van der Waals surface area contributed by atoms with Crippen LogP contribution in [0.5, 0.6) is 5.75 Å². The number of hydrogen-bond acceptors (Lipinski definition) is 4. The molecule has 0 saturated carbocycles. The first-order valence-electron chi connectivity index (χ1n) is 5.55. The molecule has 0 aliphatic rings. The standard InChI is InChI=1S/C13H16N2O2/c1-10-13(15-9-17-10)8-16-12-5-3-4-11(6-12)7-14-2/h3-6,9,14H,7-8H2,1-2H3. The summed E-state index contributed by atoms with van der Waals surface area (Å²) in [5.74, 6) is 1.65. The van der Waals surface area contributed by atoms with Crippen LogP contribution in [-0.2, 0) is 13.2 Å². The number of hydrogen-bond donors (Lipinski definition) is 1. The Morgan fingerprint density at radius 1 is 1.41 bits per heavy atom. The van der Waals surface area contributed by atoms with E-state index in [2.05, 4.69) is 16.4 Å². The molecule has 0 saturated heterocycles. The molecule has 0 aliphatic heterocycles. The van der Waals surface area contributed by atoms with Gasteiger partial charge in [-0.15, -0.1) is 0 Å². The summed E-state index contributed by atoms with van der Waals surface area (Å²) in [7, 11) is 1.92. The normalized spacial score (nSPS) is 10.5. The van der Waals surface area contributed by atoms with Crippen molar-refractivity contribution >= 4 is 0 Å². The molecular weight excluding hydrogens is 216 g/mol. The van der Waals surface area contributed by atoms with Crippen molar-refractivity contribution in [1.29, 1.82) is 0 Å². The van der Waals surface area contributed by atoms with E-state index >= 15 is 0 Å². The lowest BCUT2D eigenvalue weighted by Crippen LogP contribution is -2.05. The second kappa shape index (κ2) is 5.50. The first-order chi connectivity index (χ1) is 8.29. The Bertz CT molecular complexity index is 480. The quantitative estimate of drug-likeness (QED) is 0.859. The summed E-state index contributed by atoms with van der Waals surface area (Å²) in [6.45, 7) is 3.15. The van der Waals surface area contributed by atoms with E-state index in [0.29, 0.717) is 6.61 Å². The lowest BCUT2D eigenvalue weighted by atomic mass is 10.2. The molecule has 90 valence electrons. The fraction of sp³-hybridized carbons (Fsp3) is 0.308. The van der Waals surface area contributed by atoms with Crippen molar-refractivity contribution in [1.82, 2.24) is 10.3 Å². The van der Waals surface area contributed by atoms with Crippen LogP contribution in [0.25, 0.3) is 0 Å². The summed E-state index contributed by atoms with van der Waals surface area (Å²) < 4.78 is 10.8. The molecule has 1 N–H and O–H groups in total. The second-order valence-electron chi connectivity index (χ2n) is 3.82. The third-order valence-electron chi connectivity index (χ3n) is 2.50. The van der Waals surface area contributed by atoms with Gasteiger partial charge in [0.05, 0.1) is 0 Å². The van der Waals surface area contributed by atoms with Crippen LogP contribution < -0.4 is 10.1 Å². The van der Waals surface area contributed by atoms with E-state index in [0.717, 1.165) is 23.7 Å². The molecule has 1 aromatic heterocycles. The lowest BCUT2D eigenvalue weighted by molar-refractivity contribution is 0.299. The minimum Gasteiger partial charge on any atom is -0.487 e. The van der Waals surface area contributed by atoms with Crippen molar-refractivity contribution in [2.24, 2.45) is 0 Å². The Morgan fingerprint density at radius 3 is 3.00 bits per heavy atom. The van der Waals surface area contributed by atoms with Gasteiger partial charge in [-0.2, -0.15) is 0 Å². The summed E-state index contributed by atoms with van der Waals surface area (Å²) in [6, 6.07) is 8.00. The molecule has 1 heterocycles. The molecule has 0 radical (unpaired) electrons. The Kier molecular flexibility index (Phi) is 3.77. The van der Waals surface area contributed by atoms with Gasteiger partial charge in [0, 0.05) is 6.54 Å². The number of benzene rings is 1. The average Bonchev–Trinajstić information content (AvgIpc) is 2.73. The summed E-state index contributed by atoms with van der Waals surface area (Å²) >= 11 is 0. The van der Waals surface area contributed by atoms with Crippen molar-refractivity contribution in [3.05, 3.63) is 47.7 Å². The van der Waals surface area contributed by atoms with Crippen LogP contribution in [0.2, 0.25) is 0 Å². The molecule has 0 unspecified atom stereocenters. The molecule has 0 spiro atoms. The zero-order valence-electron chi connectivity index (χ0n) is 10.1. The zero-order valence-corrected chi connectivity index (χ0v) is 10.1. The molecule has 1 aromatic carbocycles. The Balaban J connectivity index is 1.99. The fourth-order valence-electron chi connectivity index (χ4n) is 1.57. The van der Waals surface area contributed by atoms with Gasteiger partial charge in [0.1, 0.15) is 23.8 Å². The first kappa shape index (κ1) is 11.7. The topological polar surface area (TPSA) is 47.3 Å². The molecule has 4 nitrogen and oxygen atoms in total. The number of nitrogens with zero attached hydrogens (tertiary/aromatic N) is 1. The second-order valence-corrected chi connectivity index (χ2v) is 3.82. The van der Waals surface area contributed by atoms with Crippen LogP contribution in [0.4, 0.5) is 0 Å². The molecule has 0 amide bonds. The highest BCUT2D eigenvalue weighted by molar-refractivity contribution is 5.28. The van der Waals surface area contributed by atoms with E-state index in [9.17, 15) is 0 Å². The van der Waals surface area contributed by atoms with Gasteiger partial charge in [0.2, 0.25) is 0 Å². The lowest BCUT2D eigenvalue weighted by Gasteiger charge is -2.06. The predicted molar refractivity (Wildman–Crippen MR) is 64.8 cm³/mol. The Hall–Kier alpha value is -1.81. The van der Waals surface area contributed by atoms with Crippen LogP contribution in [-0.4, -0.2) is 12.0 Å². The number of ether oxygens (including phenoxy) is 1. The molecule has 0 bridgehead atoms. The Morgan fingerprint density at radius 2 is 2.29 bits per heavy atom. The largest absolute Gasteiger partial charge is 0.487 e. The minimum absolute atomic E-state index is 0.436. The molecule has 17 heavy (non-hydrogen) atoms. The van der Waals surface area contributed by atoms with Crippen LogP contribution >= 0.6 is 0 Å². The van der Waals surface area contributed by atoms with Gasteiger partial charge in [-0.05, 0) is 31.7 Å². The molecule has 0 fully saturated rings. The highest BCUT2D eigenvalue weighted by Gasteiger charge is 2.04. The van der Waals surface area contributed by atoms with Gasteiger partial charge in [-0.1, -0.05) is 12.1 Å². The summed E-state index contributed by atoms with van der Waals surface area (Å²) in [5.41, 5.74) is 2.03. The van der Waals surface area contributed by atoms with Gasteiger partial charge in [0.15, 0.2) is 6.39 Å². The van der Waals surface area contributed by atoms with Crippen molar-refractivity contribution in [3.8, 4) is 5.75 Å². The molecular formula is C13H16N2O2. The monoisotopic (exact) mass is 232 g/mol. The van der Waals surface area contributed by atoms with Crippen molar-refractivity contribution < 1.29 is 9.15 Å². The third kappa shape index (κ3) is 3.07. The summed E-state index contributed by atoms with van der Waals surface area (Å²) in [6.07, 6.45) is 1.44. The van der Waals surface area contributed by atoms with E-state index in [1.54, 1.807) is 0 Å². The average molecular weight is 232 g/mol. The van der Waals surface area contributed by atoms with E-state index in [-0.39, 0.29) is 0 Å². The molecule has 2 aromatic rings. The van der Waals surface area contributed by atoms with Gasteiger partial charge in [-0.3, -0.25) is 0 Å². The maximum absolute atomic E-state index is 5.67. The molecule has 0 atom stereocenters. The first-order valence-corrected chi connectivity index (χ1v) is 5.55. The summed E-state index contributed by atoms with van der Waals surface area (Å²) in [5, 5.41) is 3.11. The molecule has 4 heteroatoms. The van der Waals surface area contributed by atoms with Gasteiger partial charge >= 0.3 is 0 Å². The zero-order chi connectivity index (χ0) is 12.1. The highest BCUT2D eigenvalue weighted by Crippen LogP contribution is 2.15. The SMILES string of the molecule is CNCc1cccc(OCc2ncoc2C)c1. The van der Waals surface area contributed by atoms with Gasteiger partial charge < -0.3 is 14.5 Å². The molecule has 2 rings (SSSR count). The fourth-order valence-corrected chi connectivity index (χ4v) is 1.57. The van der Waals surface area contributed by atoms with Crippen LogP contribution in [0.1, 0.15) is 17.0 Å². The third-order valence-corrected chi connectivity index (χ3v) is 2.50. The number of nitrogens with one attached hydrogen (secondary N) is 1. The van der Waals surface area contributed by atoms with E-state index in [1.165, 1.54) is 12.0 Å². The number of aryl methyl sites for hydroxylation is 1. The van der Waals surface area contributed by atoms with E-state index < -0.39 is 0 Å². The highest BCUT2D eigenvalue weighted by atomic mass is 16.5. The van der Waals surface area contributed by atoms with Crippen molar-refractivity contribution in [2.45, 2.75) is 20.1 Å². The molecule has 0 aliphatic carbocycles. The number of rotatable bonds is 5. The number of oxazole rings is 1. The number of aromatic nitrogens is 1. The predicted octanol–water partition coefficient (Wildman–Crippen LogP) is 2.28. The van der Waals surface area contributed by atoms with Gasteiger partial charge in [0.25, 0.3) is 0 Å². The van der Waals surface area contributed by atoms with Crippen LogP contribution in [0.3, 0.4) is 0 Å². The van der Waals surface area contributed by atoms with Crippen molar-refractivity contribution in [3.63, 3.8) is 0 Å². The van der Waals surface area contributed by atoms with Crippen molar-refractivity contribution in [2.75, 3.05) is 7.05 Å². The van der Waals surface area contributed by atoms with Crippen LogP contribution in [0, 0.1) is 6.92 Å². The van der Waals surface area contributed by atoms with E-state index in [1.807, 2.05) is 32.2 Å². The van der Waals surface area contributed by atoms with Crippen LogP contribution in [0.15, 0.2) is 35.1 Å². The Labute approximate surface area is 101 Å². The maximum Gasteiger partial charge on any atom is 0.181 e. The van der Waals surface area contributed by atoms with Gasteiger partial charge in [-0.25, -0.2) is 4.98 Å².